The molecule has 7 nitrogen and oxygen atoms in total. The second-order valence-electron chi connectivity index (χ2n) is 7.35. The van der Waals surface area contributed by atoms with Crippen LogP contribution in [0.5, 0.6) is 11.5 Å². The summed E-state index contributed by atoms with van der Waals surface area (Å²) in [6.07, 6.45) is 0. The Labute approximate surface area is 162 Å². The van der Waals surface area contributed by atoms with Crippen molar-refractivity contribution in [2.45, 2.75) is 26.2 Å². The maximum atomic E-state index is 12.2. The fourth-order valence-corrected chi connectivity index (χ4v) is 2.59. The zero-order chi connectivity index (χ0) is 20.3. The van der Waals surface area contributed by atoms with Crippen molar-refractivity contribution in [2.75, 3.05) is 13.4 Å². The van der Waals surface area contributed by atoms with E-state index < -0.39 is 24.4 Å². The molecule has 0 fully saturated rings. The number of fused-ring (bicyclic) bond motifs is 1. The minimum absolute atomic E-state index is 0.0340. The molecule has 7 heteroatoms. The average molecular weight is 383 g/mol. The van der Waals surface area contributed by atoms with E-state index in [1.807, 2.05) is 12.1 Å². The lowest BCUT2D eigenvalue weighted by molar-refractivity contribution is -0.123. The van der Waals surface area contributed by atoms with Gasteiger partial charge in [0.05, 0.1) is 5.56 Å². The predicted octanol–water partition coefficient (Wildman–Crippen LogP) is 2.83. The first-order valence-corrected chi connectivity index (χ1v) is 8.75. The van der Waals surface area contributed by atoms with Crippen LogP contribution in [0, 0.1) is 0 Å². The molecule has 0 saturated heterocycles. The molecule has 2 aromatic rings. The molecule has 0 aromatic heterocycles. The summed E-state index contributed by atoms with van der Waals surface area (Å²) >= 11 is 0. The number of ether oxygens (including phenoxy) is 3. The minimum atomic E-state index is -0.709. The molecule has 3 rings (SSSR count). The summed E-state index contributed by atoms with van der Waals surface area (Å²) in [5.74, 6) is -0.982. The van der Waals surface area contributed by atoms with Gasteiger partial charge in [-0.05, 0) is 41.3 Å². The van der Waals surface area contributed by atoms with Crippen molar-refractivity contribution in [3.05, 3.63) is 59.2 Å². The van der Waals surface area contributed by atoms with E-state index in [1.54, 1.807) is 18.2 Å². The van der Waals surface area contributed by atoms with Gasteiger partial charge in [-0.15, -0.1) is 0 Å². The Balaban J connectivity index is 1.52. The van der Waals surface area contributed by atoms with Crippen LogP contribution in [0.3, 0.4) is 0 Å². The van der Waals surface area contributed by atoms with E-state index >= 15 is 0 Å². The van der Waals surface area contributed by atoms with Gasteiger partial charge in [-0.1, -0.05) is 32.9 Å². The second kappa shape index (κ2) is 7.72. The molecule has 0 unspecified atom stereocenters. The van der Waals surface area contributed by atoms with Crippen molar-refractivity contribution >= 4 is 17.8 Å². The molecule has 0 atom stereocenters. The molecule has 1 aliphatic heterocycles. The van der Waals surface area contributed by atoms with Gasteiger partial charge in [0, 0.05) is 5.56 Å². The Kier molecular flexibility index (Phi) is 5.35. The van der Waals surface area contributed by atoms with Gasteiger partial charge < -0.3 is 14.2 Å². The van der Waals surface area contributed by atoms with Gasteiger partial charge in [0.1, 0.15) is 0 Å². The monoisotopic (exact) mass is 383 g/mol. The molecule has 1 N–H and O–H groups in total. The van der Waals surface area contributed by atoms with Gasteiger partial charge in [0.2, 0.25) is 6.79 Å². The Morgan fingerprint density at radius 2 is 1.61 bits per heavy atom. The first kappa shape index (κ1) is 19.4. The molecule has 1 heterocycles. The lowest BCUT2D eigenvalue weighted by Gasteiger charge is -2.19. The van der Waals surface area contributed by atoms with E-state index in [-0.39, 0.29) is 17.8 Å². The van der Waals surface area contributed by atoms with Crippen molar-refractivity contribution in [2.24, 2.45) is 0 Å². The van der Waals surface area contributed by atoms with E-state index in [2.05, 4.69) is 26.1 Å². The normalized spacial score (nSPS) is 12.4. The highest BCUT2D eigenvalue weighted by Gasteiger charge is 2.19. The van der Waals surface area contributed by atoms with Crippen LogP contribution in [-0.2, 0) is 14.9 Å². The van der Waals surface area contributed by atoms with Gasteiger partial charge in [-0.3, -0.25) is 14.9 Å². The molecule has 0 saturated carbocycles. The third-order valence-electron chi connectivity index (χ3n) is 4.21. The number of carbonyl (C=O) groups is 3. The first-order valence-electron chi connectivity index (χ1n) is 8.75. The van der Waals surface area contributed by atoms with E-state index in [9.17, 15) is 14.4 Å². The Morgan fingerprint density at radius 1 is 0.964 bits per heavy atom. The highest BCUT2D eigenvalue weighted by molar-refractivity contribution is 6.05. The zero-order valence-corrected chi connectivity index (χ0v) is 15.9. The molecule has 1 aliphatic rings. The van der Waals surface area contributed by atoms with Crippen LogP contribution in [-0.4, -0.2) is 31.2 Å². The summed E-state index contributed by atoms with van der Waals surface area (Å²) in [7, 11) is 0. The largest absolute Gasteiger partial charge is 0.454 e. The number of amides is 2. The van der Waals surface area contributed by atoms with E-state index in [0.29, 0.717) is 17.1 Å². The molecule has 0 aliphatic carbocycles. The fraction of sp³-hybridized carbons (Fsp3) is 0.286. The van der Waals surface area contributed by atoms with Crippen molar-refractivity contribution in [3.8, 4) is 11.5 Å². The zero-order valence-electron chi connectivity index (χ0n) is 15.9. The molecule has 28 heavy (non-hydrogen) atoms. The van der Waals surface area contributed by atoms with E-state index in [1.165, 1.54) is 12.1 Å². The van der Waals surface area contributed by atoms with Crippen LogP contribution >= 0.6 is 0 Å². The summed E-state index contributed by atoms with van der Waals surface area (Å²) < 4.78 is 15.3. The molecule has 2 aromatic carbocycles. The summed E-state index contributed by atoms with van der Waals surface area (Å²) in [6.45, 7) is 5.73. The van der Waals surface area contributed by atoms with Crippen molar-refractivity contribution < 1.29 is 28.6 Å². The van der Waals surface area contributed by atoms with Gasteiger partial charge in [-0.2, -0.15) is 0 Å². The number of hydrogen-bond donors (Lipinski definition) is 1. The van der Waals surface area contributed by atoms with Gasteiger partial charge >= 0.3 is 5.97 Å². The highest BCUT2D eigenvalue weighted by atomic mass is 16.7. The van der Waals surface area contributed by atoms with E-state index in [4.69, 9.17) is 14.2 Å². The Hall–Kier alpha value is -3.35. The predicted molar refractivity (Wildman–Crippen MR) is 100 cm³/mol. The molecule has 0 spiro atoms. The van der Waals surface area contributed by atoms with E-state index in [0.717, 1.165) is 5.56 Å². The molecule has 146 valence electrons. The first-order chi connectivity index (χ1) is 13.2. The van der Waals surface area contributed by atoms with Gasteiger partial charge in [0.15, 0.2) is 18.1 Å². The number of nitrogens with one attached hydrogen (secondary N) is 1. The Bertz CT molecular complexity index is 911. The summed E-state index contributed by atoms with van der Waals surface area (Å²) in [5.41, 5.74) is 1.62. The van der Waals surface area contributed by atoms with Crippen LogP contribution in [0.25, 0.3) is 0 Å². The van der Waals surface area contributed by atoms with Crippen LogP contribution in [0.2, 0.25) is 0 Å². The molecular weight excluding hydrogens is 362 g/mol. The highest BCUT2D eigenvalue weighted by Crippen LogP contribution is 2.32. The summed E-state index contributed by atoms with van der Waals surface area (Å²) in [6, 6.07) is 11.6. The van der Waals surface area contributed by atoms with Gasteiger partial charge in [-0.25, -0.2) is 4.79 Å². The third-order valence-corrected chi connectivity index (χ3v) is 4.21. The average Bonchev–Trinajstić information content (AvgIpc) is 3.13. The lowest BCUT2D eigenvalue weighted by atomic mass is 9.87. The smallest absolute Gasteiger partial charge is 0.338 e. The van der Waals surface area contributed by atoms with Crippen molar-refractivity contribution in [1.29, 1.82) is 0 Å². The number of rotatable bonds is 4. The van der Waals surface area contributed by atoms with Crippen LogP contribution in [0.4, 0.5) is 0 Å². The maximum absolute atomic E-state index is 12.2. The standard InChI is InChI=1S/C21H21NO6/c1-21(2,3)15-7-4-13(5-8-15)19(24)22-18(23)11-26-20(25)14-6-9-16-17(10-14)28-12-27-16/h4-10H,11-12H2,1-3H3,(H,22,23,24). The van der Waals surface area contributed by atoms with Crippen molar-refractivity contribution in [1.82, 2.24) is 5.32 Å². The molecule has 0 bridgehead atoms. The molecule has 0 radical (unpaired) electrons. The summed E-state index contributed by atoms with van der Waals surface area (Å²) in [5, 5.41) is 2.20. The van der Waals surface area contributed by atoms with Gasteiger partial charge in [0.25, 0.3) is 11.8 Å². The quantitative estimate of drug-likeness (QED) is 0.817. The number of carbonyl (C=O) groups excluding carboxylic acids is 3. The fourth-order valence-electron chi connectivity index (χ4n) is 2.59. The third kappa shape index (κ3) is 4.49. The topological polar surface area (TPSA) is 90.9 Å². The second-order valence-corrected chi connectivity index (χ2v) is 7.35. The number of hydrogen-bond acceptors (Lipinski definition) is 6. The molecule has 2 amide bonds. The maximum Gasteiger partial charge on any atom is 0.338 e. The minimum Gasteiger partial charge on any atom is -0.454 e. The van der Waals surface area contributed by atoms with Crippen LogP contribution in [0.1, 0.15) is 47.1 Å². The number of benzene rings is 2. The molecular formula is C21H21NO6. The SMILES string of the molecule is CC(C)(C)c1ccc(C(=O)NC(=O)COC(=O)c2ccc3c(c2)OCO3)cc1. The van der Waals surface area contributed by atoms with Crippen LogP contribution < -0.4 is 14.8 Å². The summed E-state index contributed by atoms with van der Waals surface area (Å²) in [4.78, 5) is 36.1. The van der Waals surface area contributed by atoms with Crippen molar-refractivity contribution in [3.63, 3.8) is 0 Å². The number of esters is 1. The van der Waals surface area contributed by atoms with Crippen LogP contribution in [0.15, 0.2) is 42.5 Å². The Morgan fingerprint density at radius 3 is 2.29 bits per heavy atom. The lowest BCUT2D eigenvalue weighted by Crippen LogP contribution is -2.34. The number of imide groups is 1.